The number of nitrogens with one attached hydrogen (secondary N) is 1. The monoisotopic (exact) mass is 366 g/mol. The van der Waals surface area contributed by atoms with E-state index in [2.05, 4.69) is 20.5 Å². The molecule has 0 aliphatic carbocycles. The molecule has 7 heteroatoms. The first-order valence-corrected chi connectivity index (χ1v) is 9.55. The number of fused-ring (bicyclic) bond motifs is 3. The molecule has 2 heterocycles. The number of thioether (sulfide) groups is 1. The van der Waals surface area contributed by atoms with Crippen molar-refractivity contribution in [3.8, 4) is 22.9 Å². The topological polar surface area (TPSA) is 69.2 Å². The Kier molecular flexibility index (Phi) is 4.62. The van der Waals surface area contributed by atoms with Gasteiger partial charge in [0.2, 0.25) is 11.0 Å². The summed E-state index contributed by atoms with van der Waals surface area (Å²) < 4.78 is 11.7. The molecule has 132 valence electrons. The number of ether oxygens (including phenoxy) is 2. The van der Waals surface area contributed by atoms with E-state index < -0.39 is 0 Å². The van der Waals surface area contributed by atoms with Gasteiger partial charge in [-0.1, -0.05) is 30.0 Å². The molecular formula is C19H18N4O2S. The average molecular weight is 366 g/mol. The normalized spacial score (nSPS) is 15.1. The number of nitrogens with zero attached hydrogens (tertiary/aromatic N) is 3. The van der Waals surface area contributed by atoms with E-state index in [1.54, 1.807) is 0 Å². The number of hydrogen-bond donors (Lipinski definition) is 1. The second kappa shape index (κ2) is 7.21. The van der Waals surface area contributed by atoms with Crippen LogP contribution in [0.5, 0.6) is 11.6 Å². The first kappa shape index (κ1) is 16.7. The Balaban J connectivity index is 1.76. The van der Waals surface area contributed by atoms with Crippen LogP contribution in [0.15, 0.2) is 53.7 Å². The summed E-state index contributed by atoms with van der Waals surface area (Å²) in [6, 6.07) is 15.8. The molecular weight excluding hydrogens is 348 g/mol. The van der Waals surface area contributed by atoms with Crippen LogP contribution in [0.1, 0.15) is 18.7 Å². The van der Waals surface area contributed by atoms with Crippen LogP contribution in [0.4, 0.5) is 5.69 Å². The van der Waals surface area contributed by atoms with Crippen molar-refractivity contribution in [3.05, 3.63) is 54.1 Å². The van der Waals surface area contributed by atoms with Crippen LogP contribution < -0.4 is 14.8 Å². The second-order valence-corrected chi connectivity index (χ2v) is 6.42. The molecule has 1 aromatic heterocycles. The van der Waals surface area contributed by atoms with Crippen molar-refractivity contribution in [2.75, 3.05) is 18.2 Å². The van der Waals surface area contributed by atoms with Crippen LogP contribution in [0, 0.1) is 0 Å². The summed E-state index contributed by atoms with van der Waals surface area (Å²) >= 11 is 1.43. The van der Waals surface area contributed by atoms with Gasteiger partial charge in [-0.2, -0.15) is 4.98 Å². The number of rotatable bonds is 4. The summed E-state index contributed by atoms with van der Waals surface area (Å²) in [5.74, 6) is 1.31. The van der Waals surface area contributed by atoms with Gasteiger partial charge in [-0.3, -0.25) is 0 Å². The maximum Gasteiger partial charge on any atom is 0.247 e. The van der Waals surface area contributed by atoms with Gasteiger partial charge in [-0.15, -0.1) is 10.2 Å². The van der Waals surface area contributed by atoms with Crippen molar-refractivity contribution in [1.82, 2.24) is 15.2 Å². The molecule has 2 aromatic carbocycles. The fourth-order valence-corrected chi connectivity index (χ4v) is 3.09. The summed E-state index contributed by atoms with van der Waals surface area (Å²) in [7, 11) is 0. The molecule has 0 amide bonds. The van der Waals surface area contributed by atoms with Gasteiger partial charge < -0.3 is 14.8 Å². The molecule has 0 fully saturated rings. The molecule has 0 radical (unpaired) electrons. The Morgan fingerprint density at radius 1 is 1.12 bits per heavy atom. The molecule has 3 aromatic rings. The van der Waals surface area contributed by atoms with Crippen molar-refractivity contribution >= 4 is 17.4 Å². The lowest BCUT2D eigenvalue weighted by molar-refractivity contribution is 0.225. The maximum atomic E-state index is 6.19. The summed E-state index contributed by atoms with van der Waals surface area (Å²) in [4.78, 5) is 4.52. The van der Waals surface area contributed by atoms with E-state index in [9.17, 15) is 0 Å². The smallest absolute Gasteiger partial charge is 0.247 e. The van der Waals surface area contributed by atoms with Crippen LogP contribution in [-0.2, 0) is 0 Å². The van der Waals surface area contributed by atoms with E-state index in [4.69, 9.17) is 9.47 Å². The van der Waals surface area contributed by atoms with E-state index in [0.29, 0.717) is 23.3 Å². The Bertz CT molecular complexity index is 918. The third-order valence-corrected chi connectivity index (χ3v) is 4.55. The standard InChI is InChI=1S/C19H18N4O2S/c1-3-24-13-10-8-12(9-11-13)17-20-15-7-5-4-6-14(15)16-18(25-17)21-19(26-2)23-22-16/h4-11,17,20H,3H2,1-2H3/t17-/m0/s1. The zero-order chi connectivity index (χ0) is 17.9. The highest BCUT2D eigenvalue weighted by Crippen LogP contribution is 2.39. The number of anilines is 1. The summed E-state index contributed by atoms with van der Waals surface area (Å²) in [5.41, 5.74) is 3.46. The van der Waals surface area contributed by atoms with Crippen molar-refractivity contribution in [2.24, 2.45) is 0 Å². The van der Waals surface area contributed by atoms with E-state index >= 15 is 0 Å². The van der Waals surface area contributed by atoms with Crippen LogP contribution in [0.3, 0.4) is 0 Å². The highest BCUT2D eigenvalue weighted by atomic mass is 32.2. The van der Waals surface area contributed by atoms with Gasteiger partial charge in [0, 0.05) is 16.8 Å². The average Bonchev–Trinajstić information content (AvgIpc) is 2.85. The fraction of sp³-hybridized carbons (Fsp3) is 0.211. The Hall–Kier alpha value is -2.80. The quantitative estimate of drug-likeness (QED) is 0.695. The van der Waals surface area contributed by atoms with Gasteiger partial charge in [0.25, 0.3) is 0 Å². The molecule has 0 saturated heterocycles. The molecule has 1 aliphatic rings. The molecule has 0 unspecified atom stereocenters. The molecule has 0 bridgehead atoms. The van der Waals surface area contributed by atoms with E-state index in [-0.39, 0.29) is 6.23 Å². The fourth-order valence-electron chi connectivity index (χ4n) is 2.79. The number of hydrogen-bond acceptors (Lipinski definition) is 7. The molecule has 6 nitrogen and oxygen atoms in total. The first-order chi connectivity index (χ1) is 12.8. The molecule has 1 aliphatic heterocycles. The second-order valence-electron chi connectivity index (χ2n) is 5.64. The van der Waals surface area contributed by atoms with Crippen molar-refractivity contribution in [1.29, 1.82) is 0 Å². The van der Waals surface area contributed by atoms with Crippen molar-refractivity contribution in [2.45, 2.75) is 18.3 Å². The predicted molar refractivity (Wildman–Crippen MR) is 102 cm³/mol. The molecule has 1 atom stereocenters. The number of aromatic nitrogens is 3. The van der Waals surface area contributed by atoms with Gasteiger partial charge in [-0.05, 0) is 43.5 Å². The largest absolute Gasteiger partial charge is 0.494 e. The van der Waals surface area contributed by atoms with Gasteiger partial charge in [0.05, 0.1) is 6.61 Å². The minimum atomic E-state index is -0.389. The van der Waals surface area contributed by atoms with Crippen LogP contribution in [-0.4, -0.2) is 28.0 Å². The van der Waals surface area contributed by atoms with Crippen LogP contribution in [0.25, 0.3) is 11.3 Å². The minimum absolute atomic E-state index is 0.389. The number of benzene rings is 2. The Morgan fingerprint density at radius 3 is 2.69 bits per heavy atom. The SMILES string of the molecule is CCOc1ccc([C@H]2Nc3ccccc3-c3nnc(SC)nc3O2)cc1. The molecule has 0 saturated carbocycles. The minimum Gasteiger partial charge on any atom is -0.494 e. The zero-order valence-corrected chi connectivity index (χ0v) is 15.3. The highest BCUT2D eigenvalue weighted by molar-refractivity contribution is 7.98. The van der Waals surface area contributed by atoms with Gasteiger partial charge in [0.1, 0.15) is 5.75 Å². The lowest BCUT2D eigenvalue weighted by Gasteiger charge is -2.19. The van der Waals surface area contributed by atoms with Gasteiger partial charge >= 0.3 is 0 Å². The summed E-state index contributed by atoms with van der Waals surface area (Å²) in [6.45, 7) is 2.60. The third-order valence-electron chi connectivity index (χ3n) is 4.01. The van der Waals surface area contributed by atoms with Gasteiger partial charge in [0.15, 0.2) is 11.9 Å². The van der Waals surface area contributed by atoms with Crippen LogP contribution in [0.2, 0.25) is 0 Å². The lowest BCUT2D eigenvalue weighted by atomic mass is 10.1. The number of para-hydroxylation sites is 1. The third kappa shape index (κ3) is 3.17. The Labute approximate surface area is 156 Å². The highest BCUT2D eigenvalue weighted by Gasteiger charge is 2.25. The maximum absolute atomic E-state index is 6.19. The van der Waals surface area contributed by atoms with Crippen molar-refractivity contribution in [3.63, 3.8) is 0 Å². The summed E-state index contributed by atoms with van der Waals surface area (Å²) in [5, 5.41) is 12.5. The van der Waals surface area contributed by atoms with Crippen molar-refractivity contribution < 1.29 is 9.47 Å². The van der Waals surface area contributed by atoms with E-state index in [1.165, 1.54) is 11.8 Å². The molecule has 4 rings (SSSR count). The lowest BCUT2D eigenvalue weighted by Crippen LogP contribution is -2.17. The molecule has 1 N–H and O–H groups in total. The van der Waals surface area contributed by atoms with E-state index in [1.807, 2.05) is 61.7 Å². The summed E-state index contributed by atoms with van der Waals surface area (Å²) in [6.07, 6.45) is 1.52. The molecule has 26 heavy (non-hydrogen) atoms. The van der Waals surface area contributed by atoms with Crippen LogP contribution >= 0.6 is 11.8 Å². The first-order valence-electron chi connectivity index (χ1n) is 8.32. The predicted octanol–water partition coefficient (Wildman–Crippen LogP) is 4.16. The zero-order valence-electron chi connectivity index (χ0n) is 14.5. The molecule has 0 spiro atoms. The van der Waals surface area contributed by atoms with Gasteiger partial charge in [-0.25, -0.2) is 0 Å². The van der Waals surface area contributed by atoms with E-state index in [0.717, 1.165) is 22.6 Å². The Morgan fingerprint density at radius 2 is 1.92 bits per heavy atom.